The quantitative estimate of drug-likeness (QED) is 0.748. The standard InChI is InChI=1S/C15H26N2/c1-3-12-17(13-4-2)15-9-7-14(8-10-15)6-5-11-16/h7-10H,3-6,11-13,16H2,1-2H3. The van der Waals surface area contributed by atoms with E-state index < -0.39 is 0 Å². The predicted octanol–water partition coefficient (Wildman–Crippen LogP) is 3.20. The molecule has 2 N–H and O–H groups in total. The molecule has 0 fully saturated rings. The van der Waals surface area contributed by atoms with Crippen LogP contribution in [-0.2, 0) is 6.42 Å². The maximum absolute atomic E-state index is 5.53. The zero-order chi connectivity index (χ0) is 12.5. The molecule has 0 saturated carbocycles. The van der Waals surface area contributed by atoms with Gasteiger partial charge in [0.2, 0.25) is 0 Å². The van der Waals surface area contributed by atoms with E-state index in [0.717, 1.165) is 32.5 Å². The van der Waals surface area contributed by atoms with Crippen molar-refractivity contribution in [3.05, 3.63) is 29.8 Å². The van der Waals surface area contributed by atoms with Crippen LogP contribution in [0.2, 0.25) is 0 Å². The molecule has 0 aliphatic heterocycles. The second-order valence-electron chi connectivity index (χ2n) is 4.55. The van der Waals surface area contributed by atoms with Gasteiger partial charge in [-0.15, -0.1) is 0 Å². The fraction of sp³-hybridized carbons (Fsp3) is 0.600. The molecule has 1 aromatic rings. The van der Waals surface area contributed by atoms with Crippen molar-refractivity contribution in [1.82, 2.24) is 0 Å². The highest BCUT2D eigenvalue weighted by Crippen LogP contribution is 2.16. The number of aryl methyl sites for hydroxylation is 1. The van der Waals surface area contributed by atoms with Crippen LogP contribution in [-0.4, -0.2) is 19.6 Å². The number of anilines is 1. The minimum absolute atomic E-state index is 0.777. The highest BCUT2D eigenvalue weighted by atomic mass is 15.1. The van der Waals surface area contributed by atoms with Crippen LogP contribution in [0.15, 0.2) is 24.3 Å². The van der Waals surface area contributed by atoms with E-state index in [2.05, 4.69) is 43.0 Å². The Labute approximate surface area is 106 Å². The molecule has 0 saturated heterocycles. The molecule has 2 nitrogen and oxygen atoms in total. The van der Waals surface area contributed by atoms with Crippen molar-refractivity contribution in [3.63, 3.8) is 0 Å². The first-order chi connectivity index (χ1) is 8.31. The molecule has 96 valence electrons. The Kier molecular flexibility index (Phi) is 6.71. The number of benzene rings is 1. The minimum Gasteiger partial charge on any atom is -0.372 e. The second-order valence-corrected chi connectivity index (χ2v) is 4.55. The first-order valence-corrected chi connectivity index (χ1v) is 6.85. The Morgan fingerprint density at radius 2 is 1.59 bits per heavy atom. The molecule has 0 unspecified atom stereocenters. The van der Waals surface area contributed by atoms with E-state index in [1.807, 2.05) is 0 Å². The molecule has 0 aliphatic rings. The van der Waals surface area contributed by atoms with Crippen LogP contribution in [0.25, 0.3) is 0 Å². The number of rotatable bonds is 8. The molecule has 0 heterocycles. The minimum atomic E-state index is 0.777. The molecule has 0 radical (unpaired) electrons. The van der Waals surface area contributed by atoms with E-state index in [-0.39, 0.29) is 0 Å². The van der Waals surface area contributed by atoms with Gasteiger partial charge in [0.25, 0.3) is 0 Å². The third-order valence-electron chi connectivity index (χ3n) is 2.96. The van der Waals surface area contributed by atoms with E-state index in [1.54, 1.807) is 0 Å². The summed E-state index contributed by atoms with van der Waals surface area (Å²) in [4.78, 5) is 2.46. The predicted molar refractivity (Wildman–Crippen MR) is 76.6 cm³/mol. The van der Waals surface area contributed by atoms with Crippen molar-refractivity contribution in [1.29, 1.82) is 0 Å². The molecule has 0 bridgehead atoms. The number of hydrogen-bond acceptors (Lipinski definition) is 2. The summed E-state index contributed by atoms with van der Waals surface area (Å²) in [6.45, 7) is 7.54. The molecule has 0 amide bonds. The van der Waals surface area contributed by atoms with Crippen LogP contribution in [0, 0.1) is 0 Å². The van der Waals surface area contributed by atoms with Gasteiger partial charge in [-0.25, -0.2) is 0 Å². The van der Waals surface area contributed by atoms with E-state index in [9.17, 15) is 0 Å². The molecular weight excluding hydrogens is 208 g/mol. The summed E-state index contributed by atoms with van der Waals surface area (Å²) in [6.07, 6.45) is 4.58. The van der Waals surface area contributed by atoms with Crippen molar-refractivity contribution < 1.29 is 0 Å². The molecule has 0 aliphatic carbocycles. The molecular formula is C15H26N2. The van der Waals surface area contributed by atoms with Gasteiger partial charge in [-0.05, 0) is 49.9 Å². The molecule has 0 atom stereocenters. The molecule has 0 spiro atoms. The van der Waals surface area contributed by atoms with E-state index in [0.29, 0.717) is 0 Å². The van der Waals surface area contributed by atoms with Crippen LogP contribution >= 0.6 is 0 Å². The fourth-order valence-electron chi connectivity index (χ4n) is 2.09. The average molecular weight is 234 g/mol. The summed E-state index contributed by atoms with van der Waals surface area (Å²) in [6, 6.07) is 8.97. The van der Waals surface area contributed by atoms with Gasteiger partial charge in [0.05, 0.1) is 0 Å². The Morgan fingerprint density at radius 3 is 2.06 bits per heavy atom. The van der Waals surface area contributed by atoms with Gasteiger partial charge in [-0.3, -0.25) is 0 Å². The number of hydrogen-bond donors (Lipinski definition) is 1. The average Bonchev–Trinajstić information content (AvgIpc) is 2.37. The monoisotopic (exact) mass is 234 g/mol. The molecule has 1 rings (SSSR count). The van der Waals surface area contributed by atoms with Crippen molar-refractivity contribution in [3.8, 4) is 0 Å². The third kappa shape index (κ3) is 4.78. The van der Waals surface area contributed by atoms with Crippen LogP contribution in [0.3, 0.4) is 0 Å². The topological polar surface area (TPSA) is 29.3 Å². The first kappa shape index (κ1) is 14.0. The van der Waals surface area contributed by atoms with E-state index in [4.69, 9.17) is 5.73 Å². The van der Waals surface area contributed by atoms with Crippen molar-refractivity contribution in [2.24, 2.45) is 5.73 Å². The second kappa shape index (κ2) is 8.13. The summed E-state index contributed by atoms with van der Waals surface area (Å²) in [7, 11) is 0. The molecule has 2 heteroatoms. The molecule has 17 heavy (non-hydrogen) atoms. The van der Waals surface area contributed by atoms with Crippen LogP contribution in [0.4, 0.5) is 5.69 Å². The summed E-state index contributed by atoms with van der Waals surface area (Å²) in [5.74, 6) is 0. The number of nitrogens with two attached hydrogens (primary N) is 1. The Morgan fingerprint density at radius 1 is 1.00 bits per heavy atom. The summed E-state index contributed by atoms with van der Waals surface area (Å²) in [5.41, 5.74) is 8.27. The lowest BCUT2D eigenvalue weighted by Crippen LogP contribution is -2.24. The van der Waals surface area contributed by atoms with Crippen molar-refractivity contribution in [2.45, 2.75) is 39.5 Å². The lowest BCUT2D eigenvalue weighted by Gasteiger charge is -2.24. The Balaban J connectivity index is 2.63. The van der Waals surface area contributed by atoms with Crippen molar-refractivity contribution in [2.75, 3.05) is 24.5 Å². The van der Waals surface area contributed by atoms with Crippen LogP contribution < -0.4 is 10.6 Å². The highest BCUT2D eigenvalue weighted by molar-refractivity contribution is 5.47. The number of nitrogens with zero attached hydrogens (tertiary/aromatic N) is 1. The van der Waals surface area contributed by atoms with E-state index >= 15 is 0 Å². The van der Waals surface area contributed by atoms with Gasteiger partial charge in [0.15, 0.2) is 0 Å². The maximum Gasteiger partial charge on any atom is 0.0366 e. The van der Waals surface area contributed by atoms with Crippen LogP contribution in [0.5, 0.6) is 0 Å². The Bertz CT molecular complexity index is 286. The lowest BCUT2D eigenvalue weighted by molar-refractivity contribution is 0.744. The van der Waals surface area contributed by atoms with Gasteiger partial charge in [0.1, 0.15) is 0 Å². The summed E-state index contributed by atoms with van der Waals surface area (Å²) in [5, 5.41) is 0. The highest BCUT2D eigenvalue weighted by Gasteiger charge is 2.03. The smallest absolute Gasteiger partial charge is 0.0366 e. The fourth-order valence-corrected chi connectivity index (χ4v) is 2.09. The molecule has 0 aromatic heterocycles. The zero-order valence-electron chi connectivity index (χ0n) is 11.3. The lowest BCUT2D eigenvalue weighted by atomic mass is 10.1. The van der Waals surface area contributed by atoms with Gasteiger partial charge in [-0.2, -0.15) is 0 Å². The third-order valence-corrected chi connectivity index (χ3v) is 2.96. The molecule has 1 aromatic carbocycles. The summed E-state index contributed by atoms with van der Waals surface area (Å²) >= 11 is 0. The van der Waals surface area contributed by atoms with Crippen LogP contribution in [0.1, 0.15) is 38.7 Å². The largest absolute Gasteiger partial charge is 0.372 e. The first-order valence-electron chi connectivity index (χ1n) is 6.85. The van der Waals surface area contributed by atoms with Gasteiger partial charge in [0, 0.05) is 18.8 Å². The van der Waals surface area contributed by atoms with Gasteiger partial charge in [-0.1, -0.05) is 26.0 Å². The summed E-state index contributed by atoms with van der Waals surface area (Å²) < 4.78 is 0. The zero-order valence-corrected chi connectivity index (χ0v) is 11.3. The SMILES string of the molecule is CCCN(CCC)c1ccc(CCCN)cc1. The van der Waals surface area contributed by atoms with E-state index in [1.165, 1.54) is 24.1 Å². The van der Waals surface area contributed by atoms with Crippen molar-refractivity contribution >= 4 is 5.69 Å². The normalized spacial score (nSPS) is 10.5. The van der Waals surface area contributed by atoms with Gasteiger partial charge < -0.3 is 10.6 Å². The maximum atomic E-state index is 5.53. The Hall–Kier alpha value is -1.02. The van der Waals surface area contributed by atoms with Gasteiger partial charge >= 0.3 is 0 Å².